The molecule has 0 saturated heterocycles. The Bertz CT molecular complexity index is 1440. The monoisotopic (exact) mass is 626 g/mol. The minimum absolute atomic E-state index is 0.176. The highest BCUT2D eigenvalue weighted by atomic mass is 16.6. The van der Waals surface area contributed by atoms with Gasteiger partial charge in [0.2, 0.25) is 0 Å². The molecule has 0 fully saturated rings. The lowest BCUT2D eigenvalue weighted by atomic mass is 9.72. The van der Waals surface area contributed by atoms with Gasteiger partial charge in [-0.1, -0.05) is 91.8 Å². The van der Waals surface area contributed by atoms with Crippen molar-refractivity contribution in [2.75, 3.05) is 26.4 Å². The molecule has 2 aromatic carbocycles. The molecule has 244 valence electrons. The van der Waals surface area contributed by atoms with E-state index in [0.717, 1.165) is 12.0 Å². The Kier molecular flexibility index (Phi) is 13.5. The van der Waals surface area contributed by atoms with Crippen LogP contribution in [0.15, 0.2) is 119 Å². The average molecular weight is 627 g/mol. The van der Waals surface area contributed by atoms with E-state index in [9.17, 15) is 19.5 Å². The summed E-state index contributed by atoms with van der Waals surface area (Å²) in [5.74, 6) is -1.88. The van der Waals surface area contributed by atoms with Crippen LogP contribution in [0.3, 0.4) is 0 Å². The zero-order chi connectivity index (χ0) is 33.6. The maximum absolute atomic E-state index is 12.7. The Labute approximate surface area is 273 Å². The molecule has 46 heavy (non-hydrogen) atoms. The lowest BCUT2D eigenvalue weighted by molar-refractivity contribution is -0.145. The highest BCUT2D eigenvalue weighted by Gasteiger charge is 2.36. The fourth-order valence-electron chi connectivity index (χ4n) is 5.15. The zero-order valence-corrected chi connectivity index (χ0v) is 27.6. The molecule has 0 heterocycles. The van der Waals surface area contributed by atoms with Gasteiger partial charge in [0.1, 0.15) is 19.8 Å². The minimum atomic E-state index is -1.38. The number of benzene rings is 2. The smallest absolute Gasteiger partial charge is 0.338 e. The zero-order valence-electron chi connectivity index (χ0n) is 27.6. The number of allylic oxidation sites excluding steroid dienone is 9. The van der Waals surface area contributed by atoms with Crippen LogP contribution in [-0.4, -0.2) is 49.4 Å². The fraction of sp³-hybridized carbons (Fsp3) is 0.359. The van der Waals surface area contributed by atoms with Gasteiger partial charge in [0, 0.05) is 6.08 Å². The molecule has 0 aliphatic heterocycles. The van der Waals surface area contributed by atoms with Crippen molar-refractivity contribution in [2.24, 2.45) is 10.8 Å². The predicted octanol–water partition coefficient (Wildman–Crippen LogP) is 7.75. The van der Waals surface area contributed by atoms with E-state index < -0.39 is 29.9 Å². The lowest BCUT2D eigenvalue weighted by Gasteiger charge is -2.32. The minimum Gasteiger partial charge on any atom is -0.462 e. The van der Waals surface area contributed by atoms with Crippen LogP contribution in [0.1, 0.15) is 74.6 Å². The van der Waals surface area contributed by atoms with E-state index in [1.54, 1.807) is 73.7 Å². The first kappa shape index (κ1) is 36.0. The van der Waals surface area contributed by atoms with E-state index >= 15 is 0 Å². The van der Waals surface area contributed by atoms with E-state index in [-0.39, 0.29) is 25.2 Å². The third-order valence-corrected chi connectivity index (χ3v) is 8.01. The number of ether oxygens (including phenoxy) is 3. The molecule has 0 saturated carbocycles. The first-order valence-electron chi connectivity index (χ1n) is 15.6. The van der Waals surface area contributed by atoms with Crippen molar-refractivity contribution in [3.8, 4) is 0 Å². The van der Waals surface area contributed by atoms with Crippen molar-refractivity contribution in [1.29, 1.82) is 0 Å². The van der Waals surface area contributed by atoms with Gasteiger partial charge in [0.25, 0.3) is 0 Å². The molecule has 7 heteroatoms. The molecule has 2 aromatic rings. The van der Waals surface area contributed by atoms with Gasteiger partial charge in [0.15, 0.2) is 0 Å². The van der Waals surface area contributed by atoms with Crippen molar-refractivity contribution in [3.63, 3.8) is 0 Å². The molecule has 0 spiro atoms. The number of hydrogen-bond acceptors (Lipinski definition) is 7. The summed E-state index contributed by atoms with van der Waals surface area (Å²) < 4.78 is 16.4. The SMILES string of the molecule is CC(C=CC1=C(C)CCCC1(C)C)=CC=CC(C)=CC(=O)OCC(CO)(COC(=O)c1ccccc1)COC(=O)c1ccccc1. The second kappa shape index (κ2) is 17.3. The summed E-state index contributed by atoms with van der Waals surface area (Å²) in [6, 6.07) is 16.7. The van der Waals surface area contributed by atoms with Crippen LogP contribution in [0, 0.1) is 10.8 Å². The van der Waals surface area contributed by atoms with E-state index in [0.29, 0.717) is 16.7 Å². The summed E-state index contributed by atoms with van der Waals surface area (Å²) in [4.78, 5) is 38.0. The summed E-state index contributed by atoms with van der Waals surface area (Å²) in [5, 5.41) is 10.4. The lowest BCUT2D eigenvalue weighted by Crippen LogP contribution is -2.42. The Morgan fingerprint density at radius 1 is 0.826 bits per heavy atom. The van der Waals surface area contributed by atoms with Gasteiger partial charge < -0.3 is 19.3 Å². The van der Waals surface area contributed by atoms with Gasteiger partial charge >= 0.3 is 17.9 Å². The van der Waals surface area contributed by atoms with Crippen LogP contribution >= 0.6 is 0 Å². The van der Waals surface area contributed by atoms with Crippen LogP contribution in [0.5, 0.6) is 0 Å². The highest BCUT2D eigenvalue weighted by Crippen LogP contribution is 2.40. The number of hydrogen-bond donors (Lipinski definition) is 1. The maximum atomic E-state index is 12.7. The number of rotatable bonds is 14. The molecular formula is C39H46O7. The van der Waals surface area contributed by atoms with Gasteiger partial charge in [-0.05, 0) is 80.9 Å². The first-order chi connectivity index (χ1) is 21.9. The number of carbonyl (C=O) groups is 3. The number of carbonyl (C=O) groups excluding carboxylic acids is 3. The van der Waals surface area contributed by atoms with Gasteiger partial charge in [-0.25, -0.2) is 14.4 Å². The quantitative estimate of drug-likeness (QED) is 0.0991. The van der Waals surface area contributed by atoms with Crippen molar-refractivity contribution in [3.05, 3.63) is 131 Å². The first-order valence-corrected chi connectivity index (χ1v) is 15.6. The van der Waals surface area contributed by atoms with Crippen LogP contribution in [0.2, 0.25) is 0 Å². The average Bonchev–Trinajstić information content (AvgIpc) is 3.04. The molecule has 0 radical (unpaired) electrons. The topological polar surface area (TPSA) is 99.1 Å². The van der Waals surface area contributed by atoms with Crippen LogP contribution in [0.25, 0.3) is 0 Å². The van der Waals surface area contributed by atoms with Crippen molar-refractivity contribution < 1.29 is 33.7 Å². The Morgan fingerprint density at radius 3 is 1.89 bits per heavy atom. The van der Waals surface area contributed by atoms with Crippen LogP contribution in [0.4, 0.5) is 0 Å². The maximum Gasteiger partial charge on any atom is 0.338 e. The van der Waals surface area contributed by atoms with Crippen molar-refractivity contribution in [2.45, 2.75) is 53.9 Å². The molecule has 3 rings (SSSR count). The molecule has 0 unspecified atom stereocenters. The Hall–Kier alpha value is -4.49. The van der Waals surface area contributed by atoms with Crippen molar-refractivity contribution in [1.82, 2.24) is 0 Å². The molecule has 0 amide bonds. The summed E-state index contributed by atoms with van der Waals surface area (Å²) >= 11 is 0. The molecular weight excluding hydrogens is 580 g/mol. The third-order valence-electron chi connectivity index (χ3n) is 8.01. The van der Waals surface area contributed by atoms with E-state index in [2.05, 4.69) is 32.9 Å². The molecule has 1 aliphatic rings. The van der Waals surface area contributed by atoms with Gasteiger partial charge in [0.05, 0.1) is 23.1 Å². The second-order valence-corrected chi connectivity index (χ2v) is 12.6. The second-order valence-electron chi connectivity index (χ2n) is 12.6. The Morgan fingerprint density at radius 2 is 1.37 bits per heavy atom. The number of esters is 3. The number of aliphatic hydroxyl groups is 1. The summed E-state index contributed by atoms with van der Waals surface area (Å²) in [5.41, 5.74) is 4.02. The molecule has 7 nitrogen and oxygen atoms in total. The molecule has 1 aliphatic carbocycles. The molecule has 0 aromatic heterocycles. The normalized spacial score (nSPS) is 15.7. The van der Waals surface area contributed by atoms with E-state index in [4.69, 9.17) is 14.2 Å². The highest BCUT2D eigenvalue weighted by molar-refractivity contribution is 5.90. The van der Waals surface area contributed by atoms with E-state index in [1.807, 2.05) is 19.1 Å². The predicted molar refractivity (Wildman–Crippen MR) is 180 cm³/mol. The van der Waals surface area contributed by atoms with Crippen molar-refractivity contribution >= 4 is 17.9 Å². The third kappa shape index (κ3) is 11.1. The largest absolute Gasteiger partial charge is 0.462 e. The number of aliphatic hydroxyl groups excluding tert-OH is 1. The molecule has 0 atom stereocenters. The fourth-order valence-corrected chi connectivity index (χ4v) is 5.15. The Balaban J connectivity index is 1.64. The van der Waals surface area contributed by atoms with Gasteiger partial charge in [-0.3, -0.25) is 0 Å². The standard InChI is InChI=1S/C39H46O7/c1-29(21-22-34-31(3)16-13-23-38(34,4)5)14-12-15-30(2)24-35(41)44-26-39(25-40,27-45-36(42)32-17-8-6-9-18-32)28-46-37(43)33-19-10-7-11-20-33/h6-12,14-15,17-22,24,40H,13,16,23,25-28H2,1-5H3. The molecule has 1 N–H and O–H groups in total. The van der Waals surface area contributed by atoms with Crippen LogP contribution < -0.4 is 0 Å². The van der Waals surface area contributed by atoms with E-state index in [1.165, 1.54) is 30.1 Å². The van der Waals surface area contributed by atoms with Gasteiger partial charge in [-0.15, -0.1) is 0 Å². The summed E-state index contributed by atoms with van der Waals surface area (Å²) in [6.07, 6.45) is 14.9. The summed E-state index contributed by atoms with van der Waals surface area (Å²) in [7, 11) is 0. The van der Waals surface area contributed by atoms with Gasteiger partial charge in [-0.2, -0.15) is 0 Å². The molecule has 0 bridgehead atoms. The van der Waals surface area contributed by atoms with Crippen LogP contribution in [-0.2, 0) is 19.0 Å². The summed E-state index contributed by atoms with van der Waals surface area (Å²) in [6.45, 7) is 8.99.